The van der Waals surface area contributed by atoms with Crippen molar-refractivity contribution in [2.45, 2.75) is 25.1 Å². The molecule has 4 nitrogen and oxygen atoms in total. The molecule has 0 saturated heterocycles. The molecule has 0 saturated carbocycles. The number of carbonyl (C=O) groups is 1. The van der Waals surface area contributed by atoms with Gasteiger partial charge in [-0.3, -0.25) is 4.79 Å². The molecule has 1 aromatic rings. The van der Waals surface area contributed by atoms with Crippen LogP contribution >= 0.6 is 11.6 Å². The molecule has 106 valence electrons. The van der Waals surface area contributed by atoms with Gasteiger partial charge in [0, 0.05) is 17.5 Å². The van der Waals surface area contributed by atoms with Crippen LogP contribution in [0.25, 0.3) is 0 Å². The van der Waals surface area contributed by atoms with Crippen molar-refractivity contribution in [3.8, 4) is 11.5 Å². The van der Waals surface area contributed by atoms with Crippen LogP contribution in [0.5, 0.6) is 11.5 Å². The zero-order valence-corrected chi connectivity index (χ0v) is 12.3. The quantitative estimate of drug-likeness (QED) is 0.619. The van der Waals surface area contributed by atoms with Crippen molar-refractivity contribution in [2.75, 3.05) is 20.8 Å². The molecule has 1 amide bonds. The third kappa shape index (κ3) is 4.99. The number of nitrogens with one attached hydrogen (secondary N) is 1. The molecule has 1 rings (SSSR count). The van der Waals surface area contributed by atoms with Crippen LogP contribution < -0.4 is 14.8 Å². The number of amides is 1. The first-order valence-electron chi connectivity index (χ1n) is 6.22. The molecule has 0 fully saturated rings. The second-order valence-corrected chi connectivity index (χ2v) is 4.99. The summed E-state index contributed by atoms with van der Waals surface area (Å²) in [5.74, 6) is 1.03. The van der Waals surface area contributed by atoms with E-state index in [-0.39, 0.29) is 11.3 Å². The Kier molecular flexibility index (Phi) is 6.50. The Morgan fingerprint density at radius 1 is 1.32 bits per heavy atom. The van der Waals surface area contributed by atoms with Gasteiger partial charge in [-0.15, -0.1) is 11.6 Å². The van der Waals surface area contributed by atoms with Crippen molar-refractivity contribution in [1.29, 1.82) is 0 Å². The molecule has 0 heterocycles. The standard InChI is InChI=1S/C14H20ClNO3/c1-10(15)5-4-8-16-14(17)11-6-7-12(18-2)13(9-11)19-3/h6-7,9-10H,4-5,8H2,1-3H3,(H,16,17). The summed E-state index contributed by atoms with van der Waals surface area (Å²) in [7, 11) is 3.10. The third-order valence-corrected chi connectivity index (χ3v) is 2.93. The van der Waals surface area contributed by atoms with Gasteiger partial charge in [-0.05, 0) is 38.0 Å². The molecule has 0 radical (unpaired) electrons. The minimum atomic E-state index is -0.122. The summed E-state index contributed by atoms with van der Waals surface area (Å²) >= 11 is 5.84. The van der Waals surface area contributed by atoms with Gasteiger partial charge in [-0.1, -0.05) is 0 Å². The molecule has 0 aromatic heterocycles. The van der Waals surface area contributed by atoms with Crippen LogP contribution in [0.4, 0.5) is 0 Å². The Bertz CT molecular complexity index is 421. The molecule has 1 atom stereocenters. The predicted octanol–water partition coefficient (Wildman–Crippen LogP) is 2.84. The molecule has 1 unspecified atom stereocenters. The van der Waals surface area contributed by atoms with Crippen LogP contribution in [0.2, 0.25) is 0 Å². The monoisotopic (exact) mass is 285 g/mol. The van der Waals surface area contributed by atoms with Gasteiger partial charge in [0.05, 0.1) is 14.2 Å². The Labute approximate surface area is 119 Å². The van der Waals surface area contributed by atoms with Gasteiger partial charge in [-0.2, -0.15) is 0 Å². The van der Waals surface area contributed by atoms with E-state index in [1.165, 1.54) is 0 Å². The molecule has 1 N–H and O–H groups in total. The second-order valence-electron chi connectivity index (χ2n) is 4.25. The summed E-state index contributed by atoms with van der Waals surface area (Å²) < 4.78 is 10.3. The van der Waals surface area contributed by atoms with Crippen LogP contribution in [0, 0.1) is 0 Å². The smallest absolute Gasteiger partial charge is 0.251 e. The first-order valence-corrected chi connectivity index (χ1v) is 6.66. The highest BCUT2D eigenvalue weighted by atomic mass is 35.5. The van der Waals surface area contributed by atoms with Crippen LogP contribution in [0.1, 0.15) is 30.1 Å². The summed E-state index contributed by atoms with van der Waals surface area (Å²) in [5.41, 5.74) is 0.552. The maximum Gasteiger partial charge on any atom is 0.251 e. The normalized spacial score (nSPS) is 11.8. The largest absolute Gasteiger partial charge is 0.493 e. The SMILES string of the molecule is COc1ccc(C(=O)NCCCC(C)Cl)cc1OC. The highest BCUT2D eigenvalue weighted by Crippen LogP contribution is 2.27. The van der Waals surface area contributed by atoms with E-state index in [1.54, 1.807) is 32.4 Å². The third-order valence-electron chi connectivity index (χ3n) is 2.71. The van der Waals surface area contributed by atoms with E-state index in [1.807, 2.05) is 6.92 Å². The lowest BCUT2D eigenvalue weighted by molar-refractivity contribution is 0.0952. The average molecular weight is 286 g/mol. The van der Waals surface area contributed by atoms with E-state index >= 15 is 0 Å². The van der Waals surface area contributed by atoms with Crippen LogP contribution in [0.15, 0.2) is 18.2 Å². The molecule has 19 heavy (non-hydrogen) atoms. The van der Waals surface area contributed by atoms with Gasteiger partial charge in [-0.25, -0.2) is 0 Å². The number of ether oxygens (including phenoxy) is 2. The summed E-state index contributed by atoms with van der Waals surface area (Å²) in [5, 5.41) is 2.99. The summed E-state index contributed by atoms with van der Waals surface area (Å²) in [6.07, 6.45) is 1.75. The van der Waals surface area contributed by atoms with Crippen LogP contribution in [-0.2, 0) is 0 Å². The summed E-state index contributed by atoms with van der Waals surface area (Å²) in [6.45, 7) is 2.56. The lowest BCUT2D eigenvalue weighted by Crippen LogP contribution is -2.24. The molecular formula is C14H20ClNO3. The van der Waals surface area contributed by atoms with E-state index in [4.69, 9.17) is 21.1 Å². The van der Waals surface area contributed by atoms with Crippen molar-refractivity contribution in [2.24, 2.45) is 0 Å². The number of halogens is 1. The predicted molar refractivity (Wildman–Crippen MR) is 76.4 cm³/mol. The van der Waals surface area contributed by atoms with Gasteiger partial charge in [0.1, 0.15) is 0 Å². The van der Waals surface area contributed by atoms with Crippen molar-refractivity contribution >= 4 is 17.5 Å². The van der Waals surface area contributed by atoms with Crippen molar-refractivity contribution in [1.82, 2.24) is 5.32 Å². The lowest BCUT2D eigenvalue weighted by Gasteiger charge is -2.10. The zero-order valence-electron chi connectivity index (χ0n) is 11.5. The Morgan fingerprint density at radius 3 is 2.58 bits per heavy atom. The van der Waals surface area contributed by atoms with Gasteiger partial charge < -0.3 is 14.8 Å². The number of hydrogen-bond donors (Lipinski definition) is 1. The number of methoxy groups -OCH3 is 2. The molecule has 0 bridgehead atoms. The van der Waals surface area contributed by atoms with E-state index in [0.717, 1.165) is 12.8 Å². The highest BCUT2D eigenvalue weighted by molar-refractivity contribution is 6.20. The van der Waals surface area contributed by atoms with Gasteiger partial charge in [0.2, 0.25) is 0 Å². The fourth-order valence-electron chi connectivity index (χ4n) is 1.66. The molecule has 0 aliphatic carbocycles. The number of rotatable bonds is 7. The van der Waals surface area contributed by atoms with E-state index in [9.17, 15) is 4.79 Å². The number of hydrogen-bond acceptors (Lipinski definition) is 3. The zero-order chi connectivity index (χ0) is 14.3. The van der Waals surface area contributed by atoms with Gasteiger partial charge in [0.25, 0.3) is 5.91 Å². The number of carbonyl (C=O) groups excluding carboxylic acids is 1. The fraction of sp³-hybridized carbons (Fsp3) is 0.500. The first-order chi connectivity index (χ1) is 9.08. The number of alkyl halides is 1. The summed E-state index contributed by atoms with van der Waals surface area (Å²) in [6, 6.07) is 5.09. The van der Waals surface area contributed by atoms with Crippen LogP contribution in [-0.4, -0.2) is 32.0 Å². The van der Waals surface area contributed by atoms with E-state index in [0.29, 0.717) is 23.6 Å². The molecule has 0 aliphatic heterocycles. The number of benzene rings is 1. The van der Waals surface area contributed by atoms with Crippen molar-refractivity contribution in [3.63, 3.8) is 0 Å². The van der Waals surface area contributed by atoms with Crippen molar-refractivity contribution < 1.29 is 14.3 Å². The lowest BCUT2D eigenvalue weighted by atomic mass is 10.2. The maximum absolute atomic E-state index is 11.9. The Hall–Kier alpha value is -1.42. The second kappa shape index (κ2) is 7.89. The first kappa shape index (κ1) is 15.6. The highest BCUT2D eigenvalue weighted by Gasteiger charge is 2.10. The van der Waals surface area contributed by atoms with Gasteiger partial charge in [0.15, 0.2) is 11.5 Å². The molecule has 0 spiro atoms. The fourth-order valence-corrected chi connectivity index (χ4v) is 1.82. The van der Waals surface area contributed by atoms with Crippen LogP contribution in [0.3, 0.4) is 0 Å². The van der Waals surface area contributed by atoms with E-state index in [2.05, 4.69) is 5.32 Å². The van der Waals surface area contributed by atoms with Crippen molar-refractivity contribution in [3.05, 3.63) is 23.8 Å². The topological polar surface area (TPSA) is 47.6 Å². The minimum absolute atomic E-state index is 0.122. The molecule has 1 aromatic carbocycles. The summed E-state index contributed by atoms with van der Waals surface area (Å²) in [4.78, 5) is 11.9. The maximum atomic E-state index is 11.9. The van der Waals surface area contributed by atoms with E-state index < -0.39 is 0 Å². The molecular weight excluding hydrogens is 266 g/mol. The minimum Gasteiger partial charge on any atom is -0.493 e. The Balaban J connectivity index is 2.57. The molecule has 5 heteroatoms. The average Bonchev–Trinajstić information content (AvgIpc) is 2.42. The molecule has 0 aliphatic rings. The Morgan fingerprint density at radius 2 is 2.00 bits per heavy atom. The van der Waals surface area contributed by atoms with Gasteiger partial charge >= 0.3 is 0 Å².